The molecule has 0 aliphatic heterocycles. The molecule has 3 aromatic carbocycles. The third kappa shape index (κ3) is 5.64. The molecule has 0 radical (unpaired) electrons. The molecule has 3 rings (SSSR count). The van der Waals surface area contributed by atoms with Gasteiger partial charge < -0.3 is 9.84 Å². The van der Waals surface area contributed by atoms with E-state index in [1.54, 1.807) is 24.3 Å². The van der Waals surface area contributed by atoms with Gasteiger partial charge in [-0.2, -0.15) is 13.2 Å². The van der Waals surface area contributed by atoms with Gasteiger partial charge in [-0.15, -0.1) is 0 Å². The van der Waals surface area contributed by atoms with Crippen molar-refractivity contribution in [3.8, 4) is 16.9 Å². The van der Waals surface area contributed by atoms with Gasteiger partial charge in [0, 0.05) is 0 Å². The van der Waals surface area contributed by atoms with E-state index in [2.05, 4.69) is 0 Å². The molecule has 0 aliphatic carbocycles. The molecule has 0 aromatic heterocycles. The molecule has 5 nitrogen and oxygen atoms in total. The molecule has 0 saturated heterocycles. The van der Waals surface area contributed by atoms with Gasteiger partial charge in [0.15, 0.2) is 15.6 Å². The Bertz CT molecular complexity index is 1190. The summed E-state index contributed by atoms with van der Waals surface area (Å²) in [6.45, 7) is 0.0449. The van der Waals surface area contributed by atoms with Crippen molar-refractivity contribution in [3.63, 3.8) is 0 Å². The Morgan fingerprint density at radius 3 is 2.26 bits per heavy atom. The normalized spacial score (nSPS) is 11.8. The zero-order valence-corrected chi connectivity index (χ0v) is 16.8. The molecule has 0 spiro atoms. The number of benzene rings is 3. The van der Waals surface area contributed by atoms with Gasteiger partial charge in [0.25, 0.3) is 0 Å². The lowest BCUT2D eigenvalue weighted by atomic mass is 9.98. The van der Waals surface area contributed by atoms with Gasteiger partial charge in [-0.25, -0.2) is 8.42 Å². The minimum Gasteiger partial charge on any atom is -0.489 e. The maximum atomic E-state index is 13.3. The SMILES string of the molecule is O=C(O)CS(=O)(=O)c1ccc(OCc2cccc(-c3ccccc3C(F)(F)F)c2)cc1. The van der Waals surface area contributed by atoms with Crippen molar-refractivity contribution in [1.82, 2.24) is 0 Å². The summed E-state index contributed by atoms with van der Waals surface area (Å²) in [6, 6.07) is 17.0. The first-order valence-electron chi connectivity index (χ1n) is 8.99. The van der Waals surface area contributed by atoms with Crippen LogP contribution in [0.25, 0.3) is 11.1 Å². The van der Waals surface area contributed by atoms with Crippen LogP contribution >= 0.6 is 0 Å². The van der Waals surface area contributed by atoms with E-state index in [1.807, 2.05) is 0 Å². The van der Waals surface area contributed by atoms with Gasteiger partial charge >= 0.3 is 12.1 Å². The Balaban J connectivity index is 1.76. The van der Waals surface area contributed by atoms with Gasteiger partial charge in [-0.3, -0.25) is 4.79 Å². The summed E-state index contributed by atoms with van der Waals surface area (Å²) in [5, 5.41) is 8.68. The molecule has 31 heavy (non-hydrogen) atoms. The fraction of sp³-hybridized carbons (Fsp3) is 0.136. The van der Waals surface area contributed by atoms with Crippen LogP contribution < -0.4 is 4.74 Å². The van der Waals surface area contributed by atoms with Gasteiger partial charge in [0.05, 0.1) is 10.5 Å². The van der Waals surface area contributed by atoms with Crippen molar-refractivity contribution in [3.05, 3.63) is 83.9 Å². The summed E-state index contributed by atoms with van der Waals surface area (Å²) in [5.41, 5.74) is 0.345. The molecule has 3 aromatic rings. The average Bonchev–Trinajstić information content (AvgIpc) is 2.71. The number of carboxylic acids is 1. The Morgan fingerprint density at radius 2 is 1.61 bits per heavy atom. The molecule has 0 aliphatic rings. The summed E-state index contributed by atoms with van der Waals surface area (Å²) in [6.07, 6.45) is -4.48. The smallest absolute Gasteiger partial charge is 0.417 e. The fourth-order valence-corrected chi connectivity index (χ4v) is 4.01. The standard InChI is InChI=1S/C22H17F3O5S/c23-22(24,25)20-7-2-1-6-19(20)16-5-3-4-15(12-16)13-30-17-8-10-18(11-9-17)31(28,29)14-21(26)27/h1-12H,13-14H2,(H,26,27). The topological polar surface area (TPSA) is 80.7 Å². The molecule has 0 amide bonds. The van der Waals surface area contributed by atoms with Gasteiger partial charge in [0.2, 0.25) is 0 Å². The van der Waals surface area contributed by atoms with Crippen molar-refractivity contribution in [1.29, 1.82) is 0 Å². The van der Waals surface area contributed by atoms with Crippen LogP contribution in [0, 0.1) is 0 Å². The van der Waals surface area contributed by atoms with E-state index < -0.39 is 33.3 Å². The second kappa shape index (κ2) is 8.81. The maximum absolute atomic E-state index is 13.3. The van der Waals surface area contributed by atoms with Crippen LogP contribution in [0.3, 0.4) is 0 Å². The summed E-state index contributed by atoms with van der Waals surface area (Å²) >= 11 is 0. The number of alkyl halides is 3. The number of rotatable bonds is 7. The van der Waals surface area contributed by atoms with Gasteiger partial charge in [-0.05, 0) is 53.1 Å². The molecule has 0 atom stereocenters. The van der Waals surface area contributed by atoms with Gasteiger partial charge in [-0.1, -0.05) is 36.4 Å². The van der Waals surface area contributed by atoms with Crippen molar-refractivity contribution in [2.24, 2.45) is 0 Å². The Labute approximate surface area is 176 Å². The number of hydrogen-bond acceptors (Lipinski definition) is 4. The fourth-order valence-electron chi connectivity index (χ4n) is 2.97. The third-order valence-corrected chi connectivity index (χ3v) is 5.99. The number of sulfone groups is 1. The highest BCUT2D eigenvalue weighted by Gasteiger charge is 2.33. The first-order chi connectivity index (χ1) is 14.6. The quantitative estimate of drug-likeness (QED) is 0.559. The summed E-state index contributed by atoms with van der Waals surface area (Å²) in [7, 11) is -3.94. The predicted octanol–water partition coefficient (Wildman–Crippen LogP) is 4.81. The van der Waals surface area contributed by atoms with E-state index >= 15 is 0 Å². The average molecular weight is 450 g/mol. The first kappa shape index (κ1) is 22.4. The molecule has 9 heteroatoms. The Morgan fingerprint density at radius 1 is 0.935 bits per heavy atom. The van der Waals surface area contributed by atoms with Crippen LogP contribution in [-0.2, 0) is 27.4 Å². The molecule has 0 bridgehead atoms. The predicted molar refractivity (Wildman–Crippen MR) is 107 cm³/mol. The Kier molecular flexibility index (Phi) is 6.35. The van der Waals surface area contributed by atoms with Crippen LogP contribution in [0.5, 0.6) is 5.75 Å². The van der Waals surface area contributed by atoms with Crippen molar-refractivity contribution in [2.75, 3.05) is 5.75 Å². The second-order valence-corrected chi connectivity index (χ2v) is 8.65. The molecule has 0 heterocycles. The number of hydrogen-bond donors (Lipinski definition) is 1. The highest BCUT2D eigenvalue weighted by molar-refractivity contribution is 7.92. The van der Waals surface area contributed by atoms with E-state index in [0.717, 1.165) is 6.07 Å². The molecular weight excluding hydrogens is 433 g/mol. The molecule has 1 N–H and O–H groups in total. The number of carboxylic acid groups (broad SMARTS) is 1. The highest BCUT2D eigenvalue weighted by atomic mass is 32.2. The summed E-state index contributed by atoms with van der Waals surface area (Å²) in [4.78, 5) is 10.5. The molecule has 0 saturated carbocycles. The molecular formula is C22H17F3O5S. The Hall–Kier alpha value is -3.33. The van der Waals surface area contributed by atoms with Crippen molar-refractivity contribution >= 4 is 15.8 Å². The zero-order chi connectivity index (χ0) is 22.6. The lowest BCUT2D eigenvalue weighted by molar-refractivity contribution is -0.137. The van der Waals surface area contributed by atoms with E-state index in [1.165, 1.54) is 42.5 Å². The minimum absolute atomic E-state index is 0.0449. The molecule has 162 valence electrons. The third-order valence-electron chi connectivity index (χ3n) is 4.37. The van der Waals surface area contributed by atoms with E-state index in [-0.39, 0.29) is 17.1 Å². The zero-order valence-electron chi connectivity index (χ0n) is 16.0. The van der Waals surface area contributed by atoms with E-state index in [4.69, 9.17) is 9.84 Å². The summed E-state index contributed by atoms with van der Waals surface area (Å²) < 4.78 is 69.3. The highest BCUT2D eigenvalue weighted by Crippen LogP contribution is 2.37. The van der Waals surface area contributed by atoms with E-state index in [9.17, 15) is 26.4 Å². The molecule has 0 unspecified atom stereocenters. The van der Waals surface area contributed by atoms with Crippen LogP contribution in [-0.4, -0.2) is 25.2 Å². The second-order valence-electron chi connectivity index (χ2n) is 6.66. The van der Waals surface area contributed by atoms with Crippen LogP contribution in [0.15, 0.2) is 77.7 Å². The van der Waals surface area contributed by atoms with E-state index in [0.29, 0.717) is 16.9 Å². The van der Waals surface area contributed by atoms with Crippen LogP contribution in [0.2, 0.25) is 0 Å². The molecule has 0 fully saturated rings. The largest absolute Gasteiger partial charge is 0.489 e. The lowest BCUT2D eigenvalue weighted by Gasteiger charge is -2.14. The van der Waals surface area contributed by atoms with Crippen molar-refractivity contribution in [2.45, 2.75) is 17.7 Å². The number of carbonyl (C=O) groups is 1. The van der Waals surface area contributed by atoms with Crippen LogP contribution in [0.4, 0.5) is 13.2 Å². The van der Waals surface area contributed by atoms with Crippen LogP contribution in [0.1, 0.15) is 11.1 Å². The number of halogens is 3. The minimum atomic E-state index is -4.48. The van der Waals surface area contributed by atoms with Gasteiger partial charge in [0.1, 0.15) is 12.4 Å². The lowest BCUT2D eigenvalue weighted by Crippen LogP contribution is -2.15. The number of ether oxygens (including phenoxy) is 1. The monoisotopic (exact) mass is 450 g/mol. The first-order valence-corrected chi connectivity index (χ1v) is 10.6. The van der Waals surface area contributed by atoms with Crippen molar-refractivity contribution < 1.29 is 36.2 Å². The maximum Gasteiger partial charge on any atom is 0.417 e. The number of aliphatic carboxylic acids is 1. The summed E-state index contributed by atoms with van der Waals surface area (Å²) in [5.74, 6) is -2.14.